The molecule has 1 saturated heterocycles. The molecule has 3 heterocycles. The molecule has 2 aromatic carbocycles. The highest BCUT2D eigenvalue weighted by molar-refractivity contribution is 7.15. The summed E-state index contributed by atoms with van der Waals surface area (Å²) in [6, 6.07) is 12.6. The molecule has 0 aliphatic carbocycles. The first-order valence-electron chi connectivity index (χ1n) is 11.5. The Morgan fingerprint density at radius 2 is 2.00 bits per heavy atom. The van der Waals surface area contributed by atoms with Crippen molar-refractivity contribution in [2.24, 2.45) is 5.92 Å². The molecule has 5 rings (SSSR count). The largest absolute Gasteiger partial charge is 0.424 e. The number of carbonyl (C=O) groups excluding carboxylic acids is 1. The maximum atomic E-state index is 13.7. The zero-order valence-corrected chi connectivity index (χ0v) is 20.3. The molecule has 1 aliphatic heterocycles. The van der Waals surface area contributed by atoms with E-state index >= 15 is 0 Å². The number of aromatic nitrogens is 2. The van der Waals surface area contributed by atoms with Crippen LogP contribution in [0.1, 0.15) is 40.8 Å². The van der Waals surface area contributed by atoms with Gasteiger partial charge in [0, 0.05) is 13.1 Å². The zero-order valence-electron chi connectivity index (χ0n) is 19.5. The number of aryl methyl sites for hydroxylation is 2. The van der Waals surface area contributed by atoms with Crippen LogP contribution < -0.4 is 5.32 Å². The molecule has 0 saturated carbocycles. The Bertz CT molecular complexity index is 1330. The van der Waals surface area contributed by atoms with Crippen molar-refractivity contribution in [2.75, 3.05) is 18.4 Å². The van der Waals surface area contributed by atoms with Gasteiger partial charge in [-0.15, -0.1) is 11.3 Å². The number of halogens is 1. The zero-order chi connectivity index (χ0) is 23.8. The van der Waals surface area contributed by atoms with Crippen molar-refractivity contribution in [3.63, 3.8) is 0 Å². The molecular formula is C26H27FN4O2S. The molecule has 0 spiro atoms. The SMILES string of the molecule is Cc1ccc2oc(NC[C@@H]3[C@H](C)CCCN3C(=O)c3nc(C)sc3-c3ccc(F)cc3)nc2c1. The molecule has 0 radical (unpaired) electrons. The maximum Gasteiger partial charge on any atom is 0.295 e. The highest BCUT2D eigenvalue weighted by Gasteiger charge is 2.34. The highest BCUT2D eigenvalue weighted by Crippen LogP contribution is 2.33. The van der Waals surface area contributed by atoms with Gasteiger partial charge in [0.25, 0.3) is 11.9 Å². The summed E-state index contributed by atoms with van der Waals surface area (Å²) in [5.41, 5.74) is 3.91. The predicted molar refractivity (Wildman–Crippen MR) is 133 cm³/mol. The molecule has 1 fully saturated rings. The van der Waals surface area contributed by atoms with Crippen molar-refractivity contribution < 1.29 is 13.6 Å². The molecule has 0 bridgehead atoms. The van der Waals surface area contributed by atoms with Crippen LogP contribution in [0.4, 0.5) is 10.4 Å². The molecule has 6 nitrogen and oxygen atoms in total. The molecule has 1 amide bonds. The van der Waals surface area contributed by atoms with Crippen molar-refractivity contribution in [2.45, 2.75) is 39.7 Å². The molecule has 8 heteroatoms. The van der Waals surface area contributed by atoms with Gasteiger partial charge in [-0.2, -0.15) is 4.98 Å². The van der Waals surface area contributed by atoms with Gasteiger partial charge in [0.05, 0.1) is 15.9 Å². The summed E-state index contributed by atoms with van der Waals surface area (Å²) in [6.07, 6.45) is 1.99. The fourth-order valence-corrected chi connectivity index (χ4v) is 5.54. The van der Waals surface area contributed by atoms with Crippen LogP contribution in [0.5, 0.6) is 0 Å². The molecule has 2 atom stereocenters. The van der Waals surface area contributed by atoms with Crippen LogP contribution in [0.15, 0.2) is 46.9 Å². The third-order valence-corrected chi connectivity index (χ3v) is 7.44. The van der Waals surface area contributed by atoms with E-state index in [-0.39, 0.29) is 17.8 Å². The molecule has 176 valence electrons. The van der Waals surface area contributed by atoms with Gasteiger partial charge in [-0.3, -0.25) is 4.79 Å². The third-order valence-electron chi connectivity index (χ3n) is 6.43. The Kier molecular flexibility index (Phi) is 6.08. The van der Waals surface area contributed by atoms with E-state index in [1.807, 2.05) is 36.9 Å². The number of hydrogen-bond acceptors (Lipinski definition) is 6. The fraction of sp³-hybridized carbons (Fsp3) is 0.346. The van der Waals surface area contributed by atoms with Gasteiger partial charge >= 0.3 is 0 Å². The van der Waals surface area contributed by atoms with Crippen molar-refractivity contribution in [1.29, 1.82) is 0 Å². The maximum absolute atomic E-state index is 13.7. The van der Waals surface area contributed by atoms with E-state index in [2.05, 4.69) is 22.2 Å². The van der Waals surface area contributed by atoms with Crippen LogP contribution in [0, 0.1) is 25.6 Å². The Morgan fingerprint density at radius 3 is 2.79 bits per heavy atom. The number of amides is 1. The van der Waals surface area contributed by atoms with E-state index in [1.54, 1.807) is 12.1 Å². The lowest BCUT2D eigenvalue weighted by molar-refractivity contribution is 0.0534. The Labute approximate surface area is 201 Å². The molecular weight excluding hydrogens is 451 g/mol. The van der Waals surface area contributed by atoms with Gasteiger partial charge < -0.3 is 14.6 Å². The molecule has 34 heavy (non-hydrogen) atoms. The molecule has 0 unspecified atom stereocenters. The van der Waals surface area contributed by atoms with E-state index < -0.39 is 0 Å². The summed E-state index contributed by atoms with van der Waals surface area (Å²) in [6.45, 7) is 7.29. The first-order chi connectivity index (χ1) is 16.4. The third kappa shape index (κ3) is 4.42. The Hall–Kier alpha value is -3.26. The lowest BCUT2D eigenvalue weighted by Crippen LogP contribution is -2.51. The summed E-state index contributed by atoms with van der Waals surface area (Å²) in [4.78, 5) is 25.6. The quantitative estimate of drug-likeness (QED) is 0.378. The molecule has 4 aromatic rings. The van der Waals surface area contributed by atoms with Gasteiger partial charge in [-0.1, -0.05) is 25.1 Å². The van der Waals surface area contributed by atoms with Crippen LogP contribution in [-0.4, -0.2) is 39.9 Å². The van der Waals surface area contributed by atoms with Crippen LogP contribution in [-0.2, 0) is 0 Å². The number of rotatable bonds is 5. The fourth-order valence-electron chi connectivity index (χ4n) is 4.62. The number of benzene rings is 2. The standard InChI is InChI=1S/C26H27FN4O2S/c1-15-6-11-22-20(13-15)30-26(33-22)28-14-21-16(2)5-4-12-31(21)25(32)23-24(34-17(3)29-23)18-7-9-19(27)10-8-18/h6-11,13,16,21H,4-5,12,14H2,1-3H3,(H,28,30)/t16-,21-/m1/s1. The van der Waals surface area contributed by atoms with Crippen LogP contribution >= 0.6 is 11.3 Å². The summed E-state index contributed by atoms with van der Waals surface area (Å²) in [7, 11) is 0. The van der Waals surface area contributed by atoms with Crippen LogP contribution in [0.3, 0.4) is 0 Å². The molecule has 1 aliphatic rings. The average molecular weight is 479 g/mol. The molecule has 2 aromatic heterocycles. The summed E-state index contributed by atoms with van der Waals surface area (Å²) >= 11 is 1.46. The minimum Gasteiger partial charge on any atom is -0.424 e. The minimum absolute atomic E-state index is 0.0268. The summed E-state index contributed by atoms with van der Waals surface area (Å²) in [5.74, 6) is -0.0794. The van der Waals surface area contributed by atoms with E-state index in [0.717, 1.165) is 45.0 Å². The van der Waals surface area contributed by atoms with Crippen LogP contribution in [0.25, 0.3) is 21.5 Å². The van der Waals surface area contributed by atoms with E-state index in [4.69, 9.17) is 4.42 Å². The Morgan fingerprint density at radius 1 is 1.21 bits per heavy atom. The first-order valence-corrected chi connectivity index (χ1v) is 12.4. The number of thiazole rings is 1. The van der Waals surface area contributed by atoms with Crippen LogP contribution in [0.2, 0.25) is 0 Å². The summed E-state index contributed by atoms with van der Waals surface area (Å²) in [5, 5.41) is 4.13. The van der Waals surface area contributed by atoms with Crippen molar-refractivity contribution in [1.82, 2.24) is 14.9 Å². The summed E-state index contributed by atoms with van der Waals surface area (Å²) < 4.78 is 19.3. The monoisotopic (exact) mass is 478 g/mol. The molecule has 1 N–H and O–H groups in total. The number of anilines is 1. The predicted octanol–water partition coefficient (Wildman–Crippen LogP) is 6.06. The first kappa shape index (κ1) is 22.5. The van der Waals surface area contributed by atoms with Gasteiger partial charge in [-0.05, 0) is 68.0 Å². The van der Waals surface area contributed by atoms with E-state index in [9.17, 15) is 9.18 Å². The smallest absolute Gasteiger partial charge is 0.295 e. The van der Waals surface area contributed by atoms with Crippen molar-refractivity contribution >= 4 is 34.4 Å². The van der Waals surface area contributed by atoms with Gasteiger partial charge in [-0.25, -0.2) is 9.37 Å². The average Bonchev–Trinajstić information content (AvgIpc) is 3.40. The van der Waals surface area contributed by atoms with Crippen molar-refractivity contribution in [3.05, 3.63) is 64.5 Å². The van der Waals surface area contributed by atoms with E-state index in [1.165, 1.54) is 23.5 Å². The second kappa shape index (κ2) is 9.18. The second-order valence-electron chi connectivity index (χ2n) is 8.97. The number of hydrogen-bond donors (Lipinski definition) is 1. The second-order valence-corrected chi connectivity index (χ2v) is 10.2. The minimum atomic E-state index is -0.303. The number of fused-ring (bicyclic) bond motifs is 1. The Balaban J connectivity index is 1.39. The number of nitrogens with one attached hydrogen (secondary N) is 1. The number of piperidine rings is 1. The normalized spacial score (nSPS) is 18.4. The highest BCUT2D eigenvalue weighted by atomic mass is 32.1. The van der Waals surface area contributed by atoms with Gasteiger partial charge in [0.1, 0.15) is 17.0 Å². The number of likely N-dealkylation sites (tertiary alicyclic amines) is 1. The van der Waals surface area contributed by atoms with Gasteiger partial charge in [0.2, 0.25) is 0 Å². The van der Waals surface area contributed by atoms with Gasteiger partial charge in [0.15, 0.2) is 5.58 Å². The lowest BCUT2D eigenvalue weighted by Gasteiger charge is -2.39. The lowest BCUT2D eigenvalue weighted by atomic mass is 9.90. The number of carbonyl (C=O) groups is 1. The van der Waals surface area contributed by atoms with Crippen molar-refractivity contribution in [3.8, 4) is 10.4 Å². The number of oxazole rings is 1. The van der Waals surface area contributed by atoms with E-state index in [0.29, 0.717) is 30.7 Å². The topological polar surface area (TPSA) is 71.3 Å². The number of nitrogens with zero attached hydrogens (tertiary/aromatic N) is 3.